The second kappa shape index (κ2) is 4.01. The van der Waals surface area contributed by atoms with Crippen LogP contribution in [0.4, 0.5) is 4.39 Å². The van der Waals surface area contributed by atoms with E-state index in [9.17, 15) is 9.18 Å². The molecule has 0 spiro atoms. The first kappa shape index (κ1) is 10.1. The van der Waals surface area contributed by atoms with Crippen molar-refractivity contribution in [3.63, 3.8) is 0 Å². The standard InChI is InChI=1S/C12H13FO2/c13-10-5-2-8(3-6-10)1-4-9-7-11(9)12(14)15/h2-3,5-6,9,11H,1,4,7H2,(H,14,15)/t9-,11-/m1/s1. The monoisotopic (exact) mass is 208 g/mol. The van der Waals surface area contributed by atoms with Gasteiger partial charge in [-0.25, -0.2) is 4.39 Å². The minimum absolute atomic E-state index is 0.134. The fourth-order valence-electron chi connectivity index (χ4n) is 1.87. The Labute approximate surface area is 87.7 Å². The Hall–Kier alpha value is -1.38. The Morgan fingerprint density at radius 3 is 2.60 bits per heavy atom. The highest BCUT2D eigenvalue weighted by atomic mass is 19.1. The van der Waals surface area contributed by atoms with E-state index in [1.165, 1.54) is 12.1 Å². The zero-order valence-corrected chi connectivity index (χ0v) is 8.32. The lowest BCUT2D eigenvalue weighted by Gasteiger charge is -1.99. The number of aliphatic carboxylic acids is 1. The van der Waals surface area contributed by atoms with Gasteiger partial charge in [0, 0.05) is 0 Å². The van der Waals surface area contributed by atoms with Gasteiger partial charge in [-0.1, -0.05) is 12.1 Å². The maximum atomic E-state index is 12.6. The van der Waals surface area contributed by atoms with Gasteiger partial charge in [0.2, 0.25) is 0 Å². The summed E-state index contributed by atoms with van der Waals surface area (Å²) in [4.78, 5) is 10.6. The van der Waals surface area contributed by atoms with Crippen LogP contribution in [0.5, 0.6) is 0 Å². The zero-order chi connectivity index (χ0) is 10.8. The van der Waals surface area contributed by atoms with Crippen molar-refractivity contribution in [2.75, 3.05) is 0 Å². The quantitative estimate of drug-likeness (QED) is 0.825. The second-order valence-corrected chi connectivity index (χ2v) is 4.11. The number of hydrogen-bond acceptors (Lipinski definition) is 1. The molecule has 2 nitrogen and oxygen atoms in total. The molecule has 0 unspecified atom stereocenters. The van der Waals surface area contributed by atoms with Crippen LogP contribution >= 0.6 is 0 Å². The Bertz CT molecular complexity index is 358. The molecular formula is C12H13FO2. The van der Waals surface area contributed by atoms with Gasteiger partial charge in [0.1, 0.15) is 5.82 Å². The molecule has 1 saturated carbocycles. The maximum absolute atomic E-state index is 12.6. The topological polar surface area (TPSA) is 37.3 Å². The summed E-state index contributed by atoms with van der Waals surface area (Å²) in [5, 5.41) is 8.71. The largest absolute Gasteiger partial charge is 0.481 e. The summed E-state index contributed by atoms with van der Waals surface area (Å²) < 4.78 is 12.6. The lowest BCUT2D eigenvalue weighted by Crippen LogP contribution is -2.00. The first-order chi connectivity index (χ1) is 7.16. The van der Waals surface area contributed by atoms with E-state index in [1.807, 2.05) is 0 Å². The molecule has 0 radical (unpaired) electrons. The summed E-state index contributed by atoms with van der Waals surface area (Å²) in [6.07, 6.45) is 2.54. The van der Waals surface area contributed by atoms with Crippen LogP contribution in [0.2, 0.25) is 0 Å². The highest BCUT2D eigenvalue weighted by Crippen LogP contribution is 2.41. The van der Waals surface area contributed by atoms with Crippen LogP contribution in [0.3, 0.4) is 0 Å². The van der Waals surface area contributed by atoms with E-state index >= 15 is 0 Å². The highest BCUT2D eigenvalue weighted by molar-refractivity contribution is 5.73. The van der Waals surface area contributed by atoms with Gasteiger partial charge >= 0.3 is 5.97 Å². The average Bonchev–Trinajstić information content (AvgIpc) is 2.96. The summed E-state index contributed by atoms with van der Waals surface area (Å²) in [5.41, 5.74) is 1.08. The molecule has 1 aliphatic carbocycles. The number of carboxylic acid groups (broad SMARTS) is 1. The first-order valence-corrected chi connectivity index (χ1v) is 5.14. The first-order valence-electron chi connectivity index (χ1n) is 5.14. The number of benzene rings is 1. The Balaban J connectivity index is 1.80. The third-order valence-corrected chi connectivity index (χ3v) is 2.96. The summed E-state index contributed by atoms with van der Waals surface area (Å²) in [6, 6.07) is 6.40. The van der Waals surface area contributed by atoms with Crippen LogP contribution in [-0.2, 0) is 11.2 Å². The molecule has 2 rings (SSSR count). The molecule has 3 heteroatoms. The molecule has 0 aromatic heterocycles. The van der Waals surface area contributed by atoms with Gasteiger partial charge in [-0.3, -0.25) is 4.79 Å². The molecule has 0 saturated heterocycles. The predicted octanol–water partition coefficient (Wildman–Crippen LogP) is 2.48. The molecule has 0 amide bonds. The van der Waals surface area contributed by atoms with Gasteiger partial charge < -0.3 is 5.11 Å². The van der Waals surface area contributed by atoms with E-state index in [4.69, 9.17) is 5.11 Å². The third kappa shape index (κ3) is 2.55. The van der Waals surface area contributed by atoms with Gasteiger partial charge in [0.05, 0.1) is 5.92 Å². The van der Waals surface area contributed by atoms with E-state index < -0.39 is 5.97 Å². The molecule has 0 bridgehead atoms. The minimum Gasteiger partial charge on any atom is -0.481 e. The van der Waals surface area contributed by atoms with Gasteiger partial charge in [0.25, 0.3) is 0 Å². The zero-order valence-electron chi connectivity index (χ0n) is 8.32. The number of carbonyl (C=O) groups is 1. The molecule has 80 valence electrons. The summed E-state index contributed by atoms with van der Waals surface area (Å²) in [5.74, 6) is -0.717. The van der Waals surface area contributed by atoms with Gasteiger partial charge in [-0.15, -0.1) is 0 Å². The molecule has 0 heterocycles. The molecule has 1 aromatic carbocycles. The summed E-state index contributed by atoms with van der Waals surface area (Å²) in [6.45, 7) is 0. The van der Waals surface area contributed by atoms with Crippen LogP contribution in [0.1, 0.15) is 18.4 Å². The van der Waals surface area contributed by atoms with Crippen molar-refractivity contribution in [2.45, 2.75) is 19.3 Å². The molecule has 0 aliphatic heterocycles. The number of halogens is 1. The lowest BCUT2D eigenvalue weighted by atomic mass is 10.1. The number of rotatable bonds is 4. The Morgan fingerprint density at radius 1 is 1.40 bits per heavy atom. The third-order valence-electron chi connectivity index (χ3n) is 2.96. The molecule has 1 N–H and O–H groups in total. The number of aryl methyl sites for hydroxylation is 1. The van der Waals surface area contributed by atoms with E-state index in [-0.39, 0.29) is 11.7 Å². The Morgan fingerprint density at radius 2 is 2.07 bits per heavy atom. The molecule has 2 atom stereocenters. The molecule has 1 aromatic rings. The number of hydrogen-bond donors (Lipinski definition) is 1. The summed E-state index contributed by atoms with van der Waals surface area (Å²) in [7, 11) is 0. The minimum atomic E-state index is -0.681. The van der Waals surface area contributed by atoms with E-state index in [2.05, 4.69) is 0 Å². The van der Waals surface area contributed by atoms with E-state index in [0.717, 1.165) is 24.8 Å². The SMILES string of the molecule is O=C(O)[C@@H]1C[C@H]1CCc1ccc(F)cc1. The van der Waals surface area contributed by atoms with Crippen LogP contribution in [-0.4, -0.2) is 11.1 Å². The second-order valence-electron chi connectivity index (χ2n) is 4.11. The smallest absolute Gasteiger partial charge is 0.306 e. The lowest BCUT2D eigenvalue weighted by molar-refractivity contribution is -0.138. The molecule has 1 fully saturated rings. The van der Waals surface area contributed by atoms with Crippen LogP contribution < -0.4 is 0 Å². The van der Waals surface area contributed by atoms with Crippen molar-refractivity contribution in [1.82, 2.24) is 0 Å². The highest BCUT2D eigenvalue weighted by Gasteiger charge is 2.42. The number of carboxylic acids is 1. The van der Waals surface area contributed by atoms with Crippen LogP contribution in [0.25, 0.3) is 0 Å². The van der Waals surface area contributed by atoms with Crippen LogP contribution in [0, 0.1) is 17.7 Å². The maximum Gasteiger partial charge on any atom is 0.306 e. The van der Waals surface area contributed by atoms with Crippen LogP contribution in [0.15, 0.2) is 24.3 Å². The summed E-state index contributed by atoms with van der Waals surface area (Å²) >= 11 is 0. The molecule has 15 heavy (non-hydrogen) atoms. The van der Waals surface area contributed by atoms with Crippen molar-refractivity contribution >= 4 is 5.97 Å². The average molecular weight is 208 g/mol. The van der Waals surface area contributed by atoms with Crippen molar-refractivity contribution in [2.24, 2.45) is 11.8 Å². The fraction of sp³-hybridized carbons (Fsp3) is 0.417. The normalized spacial score (nSPS) is 23.8. The van der Waals surface area contributed by atoms with E-state index in [0.29, 0.717) is 5.92 Å². The van der Waals surface area contributed by atoms with Gasteiger partial charge in [-0.05, 0) is 42.9 Å². The van der Waals surface area contributed by atoms with Crippen molar-refractivity contribution < 1.29 is 14.3 Å². The van der Waals surface area contributed by atoms with Crippen molar-refractivity contribution in [3.8, 4) is 0 Å². The predicted molar refractivity (Wildman–Crippen MR) is 54.0 cm³/mol. The van der Waals surface area contributed by atoms with Gasteiger partial charge in [-0.2, -0.15) is 0 Å². The van der Waals surface area contributed by atoms with Crippen molar-refractivity contribution in [3.05, 3.63) is 35.6 Å². The molecule has 1 aliphatic rings. The van der Waals surface area contributed by atoms with E-state index in [1.54, 1.807) is 12.1 Å². The molecular weight excluding hydrogens is 195 g/mol. The Kier molecular flexibility index (Phi) is 2.71. The van der Waals surface area contributed by atoms with Gasteiger partial charge in [0.15, 0.2) is 0 Å². The van der Waals surface area contributed by atoms with Crippen molar-refractivity contribution in [1.29, 1.82) is 0 Å². The fourth-order valence-corrected chi connectivity index (χ4v) is 1.87.